The van der Waals surface area contributed by atoms with Crippen molar-refractivity contribution < 1.29 is 24.4 Å². The molecule has 168 valence electrons. The second-order valence-electron chi connectivity index (χ2n) is 7.90. The van der Waals surface area contributed by atoms with Crippen molar-refractivity contribution in [3.05, 3.63) is 99.6 Å². The summed E-state index contributed by atoms with van der Waals surface area (Å²) in [6, 6.07) is 19.4. The van der Waals surface area contributed by atoms with Crippen LogP contribution in [0.2, 0.25) is 0 Å². The van der Waals surface area contributed by atoms with E-state index in [0.717, 1.165) is 5.56 Å². The largest absolute Gasteiger partial charge is 0.492 e. The number of nitro benzene ring substituents is 1. The molecule has 0 saturated carbocycles. The van der Waals surface area contributed by atoms with Gasteiger partial charge in [-0.05, 0) is 42.8 Å². The number of benzene rings is 3. The number of fused-ring (bicyclic) bond motifs is 1. The molecule has 4 rings (SSSR count). The summed E-state index contributed by atoms with van der Waals surface area (Å²) in [6.07, 6.45) is -0.476. The summed E-state index contributed by atoms with van der Waals surface area (Å²) in [5.41, 5.74) is -0.0732. The maximum Gasteiger partial charge on any atom is 0.269 e. The number of non-ortho nitro benzene ring substituents is 1. The van der Waals surface area contributed by atoms with Gasteiger partial charge in [-0.3, -0.25) is 19.7 Å². The number of nitro groups is 1. The molecule has 1 atom stereocenters. The number of hydrogen-bond acceptors (Lipinski definition) is 6. The highest BCUT2D eigenvalue weighted by atomic mass is 16.6. The average molecular weight is 446 g/mol. The van der Waals surface area contributed by atoms with E-state index in [1.807, 2.05) is 31.2 Å². The van der Waals surface area contributed by atoms with Gasteiger partial charge in [0.05, 0.1) is 23.6 Å². The number of hydrogen-bond donors (Lipinski definition) is 1. The molecule has 0 fully saturated rings. The molecule has 0 radical (unpaired) electrons. The van der Waals surface area contributed by atoms with Gasteiger partial charge < -0.3 is 14.7 Å². The highest BCUT2D eigenvalue weighted by Gasteiger charge is 2.50. The van der Waals surface area contributed by atoms with Crippen molar-refractivity contribution in [3.63, 3.8) is 0 Å². The van der Waals surface area contributed by atoms with Crippen LogP contribution in [-0.2, 0) is 10.4 Å². The third-order valence-corrected chi connectivity index (χ3v) is 5.63. The molecular formula is C25H22N2O6. The highest BCUT2D eigenvalue weighted by Crippen LogP contribution is 2.42. The van der Waals surface area contributed by atoms with Gasteiger partial charge in [-0.2, -0.15) is 0 Å². The number of carbonyl (C=O) groups excluding carboxylic acids is 2. The summed E-state index contributed by atoms with van der Waals surface area (Å²) in [6.45, 7) is 2.35. The lowest BCUT2D eigenvalue weighted by Gasteiger charge is -2.23. The number of ketones is 1. The number of aliphatic hydroxyl groups is 1. The lowest BCUT2D eigenvalue weighted by Crippen LogP contribution is -2.43. The Bertz CT molecular complexity index is 1220. The summed E-state index contributed by atoms with van der Waals surface area (Å²) in [7, 11) is 0. The van der Waals surface area contributed by atoms with Gasteiger partial charge in [0.25, 0.3) is 11.6 Å². The monoisotopic (exact) mass is 446 g/mol. The maximum atomic E-state index is 13.3. The van der Waals surface area contributed by atoms with Gasteiger partial charge in [0, 0.05) is 23.3 Å². The van der Waals surface area contributed by atoms with E-state index in [2.05, 4.69) is 0 Å². The van der Waals surface area contributed by atoms with E-state index in [4.69, 9.17) is 4.74 Å². The van der Waals surface area contributed by atoms with Crippen LogP contribution in [0.1, 0.15) is 27.9 Å². The van der Waals surface area contributed by atoms with Crippen molar-refractivity contribution in [1.82, 2.24) is 0 Å². The number of anilines is 1. The minimum atomic E-state index is -2.03. The number of amides is 1. The van der Waals surface area contributed by atoms with E-state index in [1.54, 1.807) is 24.3 Å². The van der Waals surface area contributed by atoms with Crippen LogP contribution in [0, 0.1) is 17.0 Å². The van der Waals surface area contributed by atoms with Crippen LogP contribution >= 0.6 is 0 Å². The molecular weight excluding hydrogens is 424 g/mol. The minimum Gasteiger partial charge on any atom is -0.492 e. The van der Waals surface area contributed by atoms with Crippen molar-refractivity contribution in [2.45, 2.75) is 18.9 Å². The first-order valence-corrected chi connectivity index (χ1v) is 10.4. The zero-order valence-corrected chi connectivity index (χ0v) is 17.9. The molecule has 1 N–H and O–H groups in total. The van der Waals surface area contributed by atoms with Crippen LogP contribution in [0.25, 0.3) is 0 Å². The molecule has 0 spiro atoms. The van der Waals surface area contributed by atoms with Crippen molar-refractivity contribution in [2.24, 2.45) is 0 Å². The van der Waals surface area contributed by atoms with Crippen LogP contribution in [0.5, 0.6) is 5.75 Å². The van der Waals surface area contributed by atoms with Gasteiger partial charge in [-0.1, -0.05) is 30.3 Å². The van der Waals surface area contributed by atoms with Crippen molar-refractivity contribution in [3.8, 4) is 5.75 Å². The van der Waals surface area contributed by atoms with E-state index in [-0.39, 0.29) is 24.4 Å². The lowest BCUT2D eigenvalue weighted by molar-refractivity contribution is -0.384. The predicted octanol–water partition coefficient (Wildman–Crippen LogP) is 3.79. The molecule has 1 aliphatic heterocycles. The maximum absolute atomic E-state index is 13.3. The minimum absolute atomic E-state index is 0.146. The third kappa shape index (κ3) is 4.33. The predicted molar refractivity (Wildman–Crippen MR) is 121 cm³/mol. The van der Waals surface area contributed by atoms with Crippen LogP contribution in [-0.4, -0.2) is 34.9 Å². The van der Waals surface area contributed by atoms with E-state index >= 15 is 0 Å². The Kier molecular flexibility index (Phi) is 5.93. The Hall–Kier alpha value is -4.04. The fraction of sp³-hybridized carbons (Fsp3) is 0.200. The number of rotatable bonds is 8. The van der Waals surface area contributed by atoms with Crippen LogP contribution < -0.4 is 9.64 Å². The molecule has 0 saturated heterocycles. The van der Waals surface area contributed by atoms with Gasteiger partial charge in [0.1, 0.15) is 12.4 Å². The second kappa shape index (κ2) is 8.84. The SMILES string of the molecule is Cc1cccc(OCCN2C(=O)C(O)(CC(=O)c3ccc([N+](=O)[O-])cc3)c3ccccc32)c1. The van der Waals surface area contributed by atoms with Gasteiger partial charge in [-0.15, -0.1) is 0 Å². The molecule has 3 aromatic carbocycles. The Morgan fingerprint density at radius 1 is 1.09 bits per heavy atom. The van der Waals surface area contributed by atoms with Crippen LogP contribution in [0.3, 0.4) is 0 Å². The molecule has 0 aliphatic carbocycles. The van der Waals surface area contributed by atoms with Gasteiger partial charge in [0.2, 0.25) is 0 Å². The summed E-state index contributed by atoms with van der Waals surface area (Å²) >= 11 is 0. The smallest absolute Gasteiger partial charge is 0.269 e. The third-order valence-electron chi connectivity index (χ3n) is 5.63. The fourth-order valence-electron chi connectivity index (χ4n) is 3.96. The number of para-hydroxylation sites is 1. The summed E-state index contributed by atoms with van der Waals surface area (Å²) in [5.74, 6) is -0.418. The molecule has 3 aromatic rings. The van der Waals surface area contributed by atoms with E-state index < -0.39 is 28.6 Å². The van der Waals surface area contributed by atoms with E-state index in [9.17, 15) is 24.8 Å². The van der Waals surface area contributed by atoms with Crippen molar-refractivity contribution in [1.29, 1.82) is 0 Å². The molecule has 8 heteroatoms. The first kappa shape index (κ1) is 22.2. The zero-order chi connectivity index (χ0) is 23.6. The number of nitrogens with zero attached hydrogens (tertiary/aromatic N) is 2. The first-order chi connectivity index (χ1) is 15.8. The topological polar surface area (TPSA) is 110 Å². The van der Waals surface area contributed by atoms with Crippen LogP contribution in [0.15, 0.2) is 72.8 Å². The quantitative estimate of drug-likeness (QED) is 0.320. The molecule has 8 nitrogen and oxygen atoms in total. The number of Topliss-reactive ketones (excluding diaryl/α,β-unsaturated/α-hetero) is 1. The molecule has 1 aliphatic rings. The highest BCUT2D eigenvalue weighted by molar-refractivity contribution is 6.10. The molecule has 0 aromatic heterocycles. The number of carbonyl (C=O) groups is 2. The molecule has 1 heterocycles. The lowest BCUT2D eigenvalue weighted by atomic mass is 9.88. The average Bonchev–Trinajstić information content (AvgIpc) is 3.01. The summed E-state index contributed by atoms with van der Waals surface area (Å²) < 4.78 is 5.76. The normalized spacial score (nSPS) is 17.0. The molecule has 1 unspecified atom stereocenters. The van der Waals surface area contributed by atoms with Crippen LogP contribution in [0.4, 0.5) is 11.4 Å². The Morgan fingerprint density at radius 3 is 2.52 bits per heavy atom. The second-order valence-corrected chi connectivity index (χ2v) is 7.90. The Morgan fingerprint density at radius 2 is 1.82 bits per heavy atom. The van der Waals surface area contributed by atoms with Crippen molar-refractivity contribution >= 4 is 23.1 Å². The van der Waals surface area contributed by atoms with E-state index in [0.29, 0.717) is 17.0 Å². The van der Waals surface area contributed by atoms with Gasteiger partial charge in [-0.25, -0.2) is 0 Å². The van der Waals surface area contributed by atoms with Crippen molar-refractivity contribution in [2.75, 3.05) is 18.1 Å². The molecule has 33 heavy (non-hydrogen) atoms. The fourth-order valence-corrected chi connectivity index (χ4v) is 3.96. The number of ether oxygens (including phenoxy) is 1. The van der Waals surface area contributed by atoms with Gasteiger partial charge >= 0.3 is 0 Å². The van der Waals surface area contributed by atoms with E-state index in [1.165, 1.54) is 29.2 Å². The first-order valence-electron chi connectivity index (χ1n) is 10.4. The molecule has 1 amide bonds. The van der Waals surface area contributed by atoms with Gasteiger partial charge in [0.15, 0.2) is 11.4 Å². The molecule has 0 bridgehead atoms. The standard InChI is InChI=1S/C25H22N2O6/c1-17-5-4-6-20(15-17)33-14-13-26-22-8-3-2-7-21(22)25(30,24(26)29)16-23(28)18-9-11-19(12-10-18)27(31)32/h2-12,15,30H,13-14,16H2,1H3. The Labute approximate surface area is 190 Å². The summed E-state index contributed by atoms with van der Waals surface area (Å²) in [4.78, 5) is 37.8. The Balaban J connectivity index is 1.52. The zero-order valence-electron chi connectivity index (χ0n) is 17.9. The number of aryl methyl sites for hydroxylation is 1. The summed E-state index contributed by atoms with van der Waals surface area (Å²) in [5, 5.41) is 22.2.